The van der Waals surface area contributed by atoms with Gasteiger partial charge in [-0.15, -0.1) is 0 Å². The van der Waals surface area contributed by atoms with Gasteiger partial charge in [0.2, 0.25) is 0 Å². The molecule has 0 aromatic rings. The van der Waals surface area contributed by atoms with Crippen LogP contribution in [0.25, 0.3) is 0 Å². The highest BCUT2D eigenvalue weighted by Crippen LogP contribution is 2.33. The second kappa shape index (κ2) is 4.76. The fourth-order valence-electron chi connectivity index (χ4n) is 1.32. The van der Waals surface area contributed by atoms with E-state index in [-0.39, 0.29) is 12.1 Å². The maximum absolute atomic E-state index is 10.7. The fourth-order valence-corrected chi connectivity index (χ4v) is 1.76. The lowest BCUT2D eigenvalue weighted by Gasteiger charge is -2.14. The Bertz CT molecular complexity index is 339. The van der Waals surface area contributed by atoms with Crippen LogP contribution in [0.3, 0.4) is 0 Å². The van der Waals surface area contributed by atoms with Crippen LogP contribution in [0, 0.1) is 11.2 Å². The molecule has 0 spiro atoms. The zero-order valence-electron chi connectivity index (χ0n) is 9.79. The maximum Gasteiger partial charge on any atom is 0.303 e. The van der Waals surface area contributed by atoms with Crippen LogP contribution in [0.15, 0.2) is 11.6 Å². The molecule has 0 unspecified atom stereocenters. The molecule has 1 rings (SSSR count). The van der Waals surface area contributed by atoms with Gasteiger partial charge in [-0.05, 0) is 42.9 Å². The van der Waals surface area contributed by atoms with E-state index in [9.17, 15) is 4.79 Å². The van der Waals surface area contributed by atoms with Crippen LogP contribution in [-0.2, 0) is 9.53 Å². The van der Waals surface area contributed by atoms with Crippen molar-refractivity contribution in [3.63, 3.8) is 0 Å². The van der Waals surface area contributed by atoms with Gasteiger partial charge >= 0.3 is 5.97 Å². The minimum absolute atomic E-state index is 0.0539. The third kappa shape index (κ3) is 4.94. The van der Waals surface area contributed by atoms with Gasteiger partial charge in [0.15, 0.2) is 0 Å². The molecule has 0 amide bonds. The fraction of sp³-hybridized carbons (Fsp3) is 0.583. The van der Waals surface area contributed by atoms with Gasteiger partial charge < -0.3 is 4.74 Å². The highest BCUT2D eigenvalue weighted by molar-refractivity contribution is 8.35. The Morgan fingerprint density at radius 1 is 1.53 bits per heavy atom. The van der Waals surface area contributed by atoms with Gasteiger partial charge in [-0.25, -0.2) is 0 Å². The van der Waals surface area contributed by atoms with Crippen LogP contribution in [0.4, 0.5) is 0 Å². The molecule has 3 heteroatoms. The summed E-state index contributed by atoms with van der Waals surface area (Å²) in [7, 11) is -0.762. The molecule has 15 heavy (non-hydrogen) atoms. The Morgan fingerprint density at radius 3 is 2.73 bits per heavy atom. The number of hydrogen-bond donors (Lipinski definition) is 0. The quantitative estimate of drug-likeness (QED) is 0.506. The molecular weight excluding hydrogens is 208 g/mol. The standard InChI is InChI=1S/C12H18O2S/c1-10(13)14-12-6-5-11(9-12)7-8-15(2,3)4/h9,12H,5-6H2,1-4H3/t12-/m1/s1. The second-order valence-electron chi connectivity index (χ2n) is 4.44. The monoisotopic (exact) mass is 226 g/mol. The summed E-state index contributed by atoms with van der Waals surface area (Å²) in [5, 5.41) is 3.26. The lowest BCUT2D eigenvalue weighted by Crippen LogP contribution is -2.10. The molecule has 0 N–H and O–H groups in total. The number of hydrogen-bond acceptors (Lipinski definition) is 2. The second-order valence-corrected chi connectivity index (χ2v) is 8.32. The van der Waals surface area contributed by atoms with Crippen molar-refractivity contribution in [3.8, 4) is 11.2 Å². The maximum atomic E-state index is 10.7. The summed E-state index contributed by atoms with van der Waals surface area (Å²) < 4.78 is 5.10. The van der Waals surface area contributed by atoms with E-state index >= 15 is 0 Å². The van der Waals surface area contributed by atoms with Gasteiger partial charge in [0.05, 0.1) is 0 Å². The van der Waals surface area contributed by atoms with Crippen molar-refractivity contribution >= 4 is 16.0 Å². The predicted octanol–water partition coefficient (Wildman–Crippen LogP) is 2.29. The molecule has 1 atom stereocenters. The van der Waals surface area contributed by atoms with E-state index in [0.717, 1.165) is 18.4 Å². The summed E-state index contributed by atoms with van der Waals surface area (Å²) in [5.41, 5.74) is 1.11. The summed E-state index contributed by atoms with van der Waals surface area (Å²) in [6, 6.07) is 0. The molecule has 1 aliphatic carbocycles. The summed E-state index contributed by atoms with van der Waals surface area (Å²) in [6.45, 7) is 1.44. The first-order valence-corrected chi connectivity index (χ1v) is 7.81. The molecular formula is C12H18O2S. The third-order valence-electron chi connectivity index (χ3n) is 1.92. The van der Waals surface area contributed by atoms with Gasteiger partial charge in [0.1, 0.15) is 6.10 Å². The van der Waals surface area contributed by atoms with Crippen LogP contribution in [-0.4, -0.2) is 30.8 Å². The third-order valence-corrected chi connectivity index (χ3v) is 2.63. The minimum Gasteiger partial charge on any atom is -0.458 e. The van der Waals surface area contributed by atoms with Crippen molar-refractivity contribution in [2.45, 2.75) is 25.9 Å². The minimum atomic E-state index is -0.762. The molecule has 0 saturated carbocycles. The van der Waals surface area contributed by atoms with E-state index in [2.05, 4.69) is 29.9 Å². The average molecular weight is 226 g/mol. The molecule has 0 radical (unpaired) electrons. The number of allylic oxidation sites excluding steroid dienone is 1. The van der Waals surface area contributed by atoms with E-state index in [1.54, 1.807) is 0 Å². The zero-order chi connectivity index (χ0) is 11.5. The highest BCUT2D eigenvalue weighted by atomic mass is 32.3. The van der Waals surface area contributed by atoms with Crippen LogP contribution >= 0.6 is 10.0 Å². The normalized spacial score (nSPS) is 21.3. The van der Waals surface area contributed by atoms with E-state index in [4.69, 9.17) is 4.74 Å². The number of carbonyl (C=O) groups is 1. The number of esters is 1. The summed E-state index contributed by atoms with van der Waals surface area (Å²) >= 11 is 0. The number of ether oxygens (including phenoxy) is 1. The Labute approximate surface area is 93.4 Å². The summed E-state index contributed by atoms with van der Waals surface area (Å²) in [4.78, 5) is 10.7. The predicted molar refractivity (Wildman–Crippen MR) is 66.0 cm³/mol. The molecule has 0 aromatic heterocycles. The lowest BCUT2D eigenvalue weighted by molar-refractivity contribution is -0.144. The molecule has 0 bridgehead atoms. The smallest absolute Gasteiger partial charge is 0.303 e. The van der Waals surface area contributed by atoms with Crippen LogP contribution in [0.5, 0.6) is 0 Å². The molecule has 0 aromatic carbocycles. The van der Waals surface area contributed by atoms with Crippen molar-refractivity contribution in [3.05, 3.63) is 11.6 Å². The molecule has 1 aliphatic rings. The zero-order valence-corrected chi connectivity index (χ0v) is 10.6. The van der Waals surface area contributed by atoms with Gasteiger partial charge in [-0.1, -0.05) is 5.92 Å². The molecule has 84 valence electrons. The first kappa shape index (κ1) is 12.2. The van der Waals surface area contributed by atoms with E-state index in [1.807, 2.05) is 6.08 Å². The molecule has 0 fully saturated rings. The molecule has 0 aliphatic heterocycles. The Balaban J connectivity index is 2.58. The SMILES string of the molecule is CC(=O)O[C@H]1C=C(C#CS(C)(C)C)CC1. The van der Waals surface area contributed by atoms with Crippen molar-refractivity contribution in [1.29, 1.82) is 0 Å². The first-order valence-electron chi connectivity index (χ1n) is 4.96. The first-order chi connectivity index (χ1) is 6.87. The average Bonchev–Trinajstić information content (AvgIpc) is 2.46. The van der Waals surface area contributed by atoms with E-state index in [1.165, 1.54) is 6.92 Å². The summed E-state index contributed by atoms with van der Waals surface area (Å²) in [5.74, 6) is 2.97. The molecule has 0 saturated heterocycles. The van der Waals surface area contributed by atoms with Crippen LogP contribution in [0.2, 0.25) is 0 Å². The topological polar surface area (TPSA) is 26.3 Å². The Hall–Kier alpha value is -0.880. The van der Waals surface area contributed by atoms with Crippen LogP contribution in [0.1, 0.15) is 19.8 Å². The highest BCUT2D eigenvalue weighted by Gasteiger charge is 2.16. The largest absolute Gasteiger partial charge is 0.458 e. The Morgan fingerprint density at radius 2 is 2.20 bits per heavy atom. The molecule has 0 heterocycles. The van der Waals surface area contributed by atoms with Crippen molar-refractivity contribution in [2.24, 2.45) is 0 Å². The van der Waals surface area contributed by atoms with Gasteiger partial charge in [0, 0.05) is 12.5 Å². The lowest BCUT2D eigenvalue weighted by atomic mass is 10.2. The number of carbonyl (C=O) groups excluding carboxylic acids is 1. The van der Waals surface area contributed by atoms with E-state index < -0.39 is 10.0 Å². The number of rotatable bonds is 1. The van der Waals surface area contributed by atoms with Crippen molar-refractivity contribution in [1.82, 2.24) is 0 Å². The summed E-state index contributed by atoms with van der Waals surface area (Å²) in [6.07, 6.45) is 10.2. The van der Waals surface area contributed by atoms with Crippen molar-refractivity contribution in [2.75, 3.05) is 18.8 Å². The van der Waals surface area contributed by atoms with Gasteiger partial charge in [-0.3, -0.25) is 4.79 Å². The van der Waals surface area contributed by atoms with Crippen molar-refractivity contribution < 1.29 is 9.53 Å². The van der Waals surface area contributed by atoms with Gasteiger partial charge in [0.25, 0.3) is 0 Å². The van der Waals surface area contributed by atoms with Gasteiger partial charge in [-0.2, -0.15) is 10.0 Å². The van der Waals surface area contributed by atoms with Crippen LogP contribution < -0.4 is 0 Å². The Kier molecular flexibility index (Phi) is 3.87. The van der Waals surface area contributed by atoms with E-state index in [0.29, 0.717) is 0 Å². The molecule has 2 nitrogen and oxygen atoms in total.